The van der Waals surface area contributed by atoms with Crippen molar-refractivity contribution in [1.29, 1.82) is 5.26 Å². The lowest BCUT2D eigenvalue weighted by Gasteiger charge is -2.27. The zero-order valence-electron chi connectivity index (χ0n) is 19.1. The summed E-state index contributed by atoms with van der Waals surface area (Å²) < 4.78 is 40.5. The highest BCUT2D eigenvalue weighted by Crippen LogP contribution is 2.39. The second-order valence-corrected chi connectivity index (χ2v) is 10.9. The first-order chi connectivity index (χ1) is 16.0. The lowest BCUT2D eigenvalue weighted by Crippen LogP contribution is -2.19. The molecule has 0 amide bonds. The van der Waals surface area contributed by atoms with Crippen molar-refractivity contribution >= 4 is 33.0 Å². The van der Waals surface area contributed by atoms with Crippen LogP contribution in [0.4, 0.5) is 0 Å². The molecule has 180 valence electrons. The van der Waals surface area contributed by atoms with Crippen LogP contribution in [0.15, 0.2) is 52.2 Å². The molecule has 0 saturated heterocycles. The van der Waals surface area contributed by atoms with Crippen molar-refractivity contribution < 1.29 is 22.3 Å². The minimum atomic E-state index is -3.54. The Balaban J connectivity index is 1.85. The molecule has 7 nitrogen and oxygen atoms in total. The fraction of sp³-hybridized carbons (Fsp3) is 0.333. The molecule has 34 heavy (non-hydrogen) atoms. The van der Waals surface area contributed by atoms with Crippen LogP contribution in [0.3, 0.4) is 0 Å². The van der Waals surface area contributed by atoms with Crippen molar-refractivity contribution in [2.24, 2.45) is 0 Å². The van der Waals surface area contributed by atoms with Gasteiger partial charge in [0.05, 0.1) is 16.5 Å². The zero-order chi connectivity index (χ0) is 25.1. The van der Waals surface area contributed by atoms with Crippen molar-refractivity contribution in [3.05, 3.63) is 70.3 Å². The molecular formula is C24H24Cl2N2O5S. The predicted octanol–water partition coefficient (Wildman–Crippen LogP) is 5.69. The first kappa shape index (κ1) is 25.9. The van der Waals surface area contributed by atoms with Gasteiger partial charge in [-0.1, -0.05) is 37.6 Å². The van der Waals surface area contributed by atoms with E-state index in [1.165, 1.54) is 0 Å². The summed E-state index contributed by atoms with van der Waals surface area (Å²) in [5.74, 6) is 1.28. The maximum absolute atomic E-state index is 11.9. The Hall–Kier alpha value is -2.73. The van der Waals surface area contributed by atoms with E-state index in [9.17, 15) is 13.7 Å². The zero-order valence-corrected chi connectivity index (χ0v) is 21.5. The molecule has 0 bridgehead atoms. The third kappa shape index (κ3) is 5.49. The lowest BCUT2D eigenvalue weighted by atomic mass is 9.77. The Morgan fingerprint density at radius 3 is 2.47 bits per heavy atom. The van der Waals surface area contributed by atoms with Crippen LogP contribution >= 0.6 is 23.2 Å². The largest absolute Gasteiger partial charge is 0.489 e. The molecule has 1 atom stereocenters. The molecule has 1 aromatic heterocycles. The van der Waals surface area contributed by atoms with Gasteiger partial charge >= 0.3 is 0 Å². The number of hydrogen-bond donors (Lipinski definition) is 0. The molecule has 10 heteroatoms. The van der Waals surface area contributed by atoms with Crippen LogP contribution < -0.4 is 9.47 Å². The Kier molecular flexibility index (Phi) is 7.81. The van der Waals surface area contributed by atoms with Gasteiger partial charge in [-0.15, -0.1) is 11.6 Å². The Bertz CT molecular complexity index is 1310. The standard InChI is InChI=1S/C24H24Cl2N2O5S/c1-15(21-23(28-14-32-21)34(4,29)30)33-19-7-5-17(6-8-19)24(2,3)18-11-16(13-27)22(20(26)12-18)31-10-9-25/h5-8,11-12,14-15H,9-10H2,1-4H3. The highest BCUT2D eigenvalue weighted by Gasteiger charge is 2.27. The molecule has 3 rings (SSSR count). The summed E-state index contributed by atoms with van der Waals surface area (Å²) >= 11 is 12.1. The number of rotatable bonds is 9. The van der Waals surface area contributed by atoms with Crippen molar-refractivity contribution in [2.75, 3.05) is 18.7 Å². The molecule has 0 N–H and O–H groups in total. The summed E-state index contributed by atoms with van der Waals surface area (Å²) in [4.78, 5) is 3.79. The monoisotopic (exact) mass is 522 g/mol. The molecule has 0 radical (unpaired) electrons. The second kappa shape index (κ2) is 10.3. The van der Waals surface area contributed by atoms with Crippen molar-refractivity contribution in [3.63, 3.8) is 0 Å². The van der Waals surface area contributed by atoms with Gasteiger partial charge in [-0.25, -0.2) is 13.4 Å². The molecule has 0 saturated carbocycles. The fourth-order valence-corrected chi connectivity index (χ4v) is 4.66. The van der Waals surface area contributed by atoms with Crippen LogP contribution in [0.25, 0.3) is 0 Å². The Labute approximate surface area is 209 Å². The fourth-order valence-electron chi connectivity index (χ4n) is 3.49. The number of nitrogens with zero attached hydrogens (tertiary/aromatic N) is 2. The highest BCUT2D eigenvalue weighted by atomic mass is 35.5. The quantitative estimate of drug-likeness (QED) is 0.332. The number of nitriles is 1. The van der Waals surface area contributed by atoms with E-state index >= 15 is 0 Å². The molecule has 0 aliphatic heterocycles. The molecular weight excluding hydrogens is 499 g/mol. The average molecular weight is 523 g/mol. The lowest BCUT2D eigenvalue weighted by molar-refractivity contribution is 0.191. The van der Waals surface area contributed by atoms with E-state index < -0.39 is 21.4 Å². The van der Waals surface area contributed by atoms with Crippen LogP contribution in [0, 0.1) is 11.3 Å². The van der Waals surface area contributed by atoms with Crippen LogP contribution in [-0.4, -0.2) is 32.1 Å². The Morgan fingerprint density at radius 2 is 1.88 bits per heavy atom. The first-order valence-electron chi connectivity index (χ1n) is 10.3. The number of ether oxygens (including phenoxy) is 2. The minimum absolute atomic E-state index is 0.138. The van der Waals surface area contributed by atoms with Crippen LogP contribution in [0.1, 0.15) is 49.3 Å². The van der Waals surface area contributed by atoms with Gasteiger partial charge in [-0.3, -0.25) is 0 Å². The van der Waals surface area contributed by atoms with E-state index in [0.29, 0.717) is 22.1 Å². The highest BCUT2D eigenvalue weighted by molar-refractivity contribution is 7.90. The molecule has 1 unspecified atom stereocenters. The number of sulfone groups is 1. The van der Waals surface area contributed by atoms with Gasteiger partial charge in [0, 0.05) is 11.7 Å². The molecule has 0 aliphatic rings. The summed E-state index contributed by atoms with van der Waals surface area (Å²) in [7, 11) is -3.54. The number of benzene rings is 2. The topological polar surface area (TPSA) is 102 Å². The van der Waals surface area contributed by atoms with Gasteiger partial charge in [0.25, 0.3) is 0 Å². The van der Waals surface area contributed by atoms with Crippen LogP contribution in [0.2, 0.25) is 5.02 Å². The van der Waals surface area contributed by atoms with Crippen LogP contribution in [0.5, 0.6) is 11.5 Å². The van der Waals surface area contributed by atoms with Crippen LogP contribution in [-0.2, 0) is 15.3 Å². The van der Waals surface area contributed by atoms with Gasteiger partial charge in [0.2, 0.25) is 0 Å². The van der Waals surface area contributed by atoms with E-state index in [-0.39, 0.29) is 23.3 Å². The van der Waals surface area contributed by atoms with E-state index in [4.69, 9.17) is 37.1 Å². The van der Waals surface area contributed by atoms with E-state index in [1.807, 2.05) is 26.0 Å². The number of halogens is 2. The molecule has 1 heterocycles. The Morgan fingerprint density at radius 1 is 1.21 bits per heavy atom. The maximum atomic E-state index is 11.9. The van der Waals surface area contributed by atoms with Crippen molar-refractivity contribution in [2.45, 2.75) is 37.3 Å². The normalized spacial score (nSPS) is 12.7. The van der Waals surface area contributed by atoms with Gasteiger partial charge in [-0.05, 0) is 42.3 Å². The number of alkyl halides is 1. The average Bonchev–Trinajstić information content (AvgIpc) is 3.29. The summed E-state index contributed by atoms with van der Waals surface area (Å²) in [5.41, 5.74) is 1.65. The maximum Gasteiger partial charge on any atom is 0.200 e. The molecule has 2 aromatic carbocycles. The minimum Gasteiger partial charge on any atom is -0.489 e. The third-order valence-electron chi connectivity index (χ3n) is 5.38. The first-order valence-corrected chi connectivity index (χ1v) is 13.1. The van der Waals surface area contributed by atoms with Crippen molar-refractivity contribution in [3.8, 4) is 17.6 Å². The van der Waals surface area contributed by atoms with Gasteiger partial charge in [0.1, 0.15) is 18.4 Å². The summed E-state index contributed by atoms with van der Waals surface area (Å²) in [6, 6.07) is 13.1. The number of hydrogen-bond acceptors (Lipinski definition) is 7. The third-order valence-corrected chi connectivity index (χ3v) is 6.82. The van der Waals surface area contributed by atoms with Crippen molar-refractivity contribution in [1.82, 2.24) is 4.98 Å². The summed E-state index contributed by atoms with van der Waals surface area (Å²) in [6.07, 6.45) is 1.49. The molecule has 0 aliphatic carbocycles. The number of oxazole rings is 1. The second-order valence-electron chi connectivity index (χ2n) is 8.19. The predicted molar refractivity (Wildman–Crippen MR) is 130 cm³/mol. The van der Waals surface area contributed by atoms with E-state index in [2.05, 4.69) is 11.1 Å². The molecule has 3 aromatic rings. The SMILES string of the molecule is CC(Oc1ccc(C(C)(C)c2cc(Cl)c(OCCCl)c(C#N)c2)cc1)c1ocnc1S(C)(=O)=O. The van der Waals surface area contributed by atoms with Gasteiger partial charge in [-0.2, -0.15) is 5.26 Å². The summed E-state index contributed by atoms with van der Waals surface area (Å²) in [6.45, 7) is 5.97. The smallest absolute Gasteiger partial charge is 0.200 e. The molecule has 0 fully saturated rings. The van der Waals surface area contributed by atoms with E-state index in [0.717, 1.165) is 23.8 Å². The van der Waals surface area contributed by atoms with E-state index in [1.54, 1.807) is 31.2 Å². The molecule has 0 spiro atoms. The van der Waals surface area contributed by atoms with Gasteiger partial charge in [0.15, 0.2) is 38.9 Å². The van der Waals surface area contributed by atoms with Gasteiger partial charge < -0.3 is 13.9 Å². The number of aromatic nitrogens is 1. The summed E-state index contributed by atoms with van der Waals surface area (Å²) in [5, 5.41) is 9.79.